The average Bonchev–Trinajstić information content (AvgIpc) is 3.03. The van der Waals surface area contributed by atoms with E-state index >= 15 is 0 Å². The summed E-state index contributed by atoms with van der Waals surface area (Å²) in [6, 6.07) is 13.8. The third-order valence-corrected chi connectivity index (χ3v) is 6.84. The van der Waals surface area contributed by atoms with Gasteiger partial charge in [-0.25, -0.2) is 0 Å². The van der Waals surface area contributed by atoms with Crippen molar-refractivity contribution in [3.8, 4) is 5.75 Å². The maximum atomic E-state index is 12.8. The number of sulfonamides is 1. The van der Waals surface area contributed by atoms with Gasteiger partial charge in [-0.05, 0) is 59.7 Å². The maximum Gasteiger partial charge on any atom is 0.284 e. The molecule has 0 spiro atoms. The molecule has 2 aromatic carbocycles. The highest BCUT2D eigenvalue weighted by molar-refractivity contribution is 8.19. The number of amides is 1. The van der Waals surface area contributed by atoms with E-state index in [2.05, 4.69) is 11.0 Å². The van der Waals surface area contributed by atoms with E-state index in [-0.39, 0.29) is 22.5 Å². The molecule has 1 amide bonds. The number of carbonyl (C=O) groups is 1. The van der Waals surface area contributed by atoms with Crippen molar-refractivity contribution < 1.29 is 17.9 Å². The van der Waals surface area contributed by atoms with Crippen LogP contribution in [0.1, 0.15) is 18.1 Å². The van der Waals surface area contributed by atoms with Gasteiger partial charge in [0.05, 0.1) is 16.9 Å². The zero-order valence-corrected chi connectivity index (χ0v) is 18.4. The van der Waals surface area contributed by atoms with E-state index in [1.165, 1.54) is 23.1 Å². The van der Waals surface area contributed by atoms with Gasteiger partial charge in [-0.1, -0.05) is 37.3 Å². The topological polar surface area (TPSA) is 76.0 Å². The van der Waals surface area contributed by atoms with E-state index in [1.807, 2.05) is 19.1 Å². The summed E-state index contributed by atoms with van der Waals surface area (Å²) in [4.78, 5) is 14.6. The predicted octanol–water partition coefficient (Wildman–Crippen LogP) is 4.10. The number of ether oxygens (including phenoxy) is 1. The Morgan fingerprint density at radius 1 is 1.13 bits per heavy atom. The normalized spacial score (nSPS) is 17.0. The summed E-state index contributed by atoms with van der Waals surface area (Å²) in [5.74, 6) is 0.393. The molecule has 30 heavy (non-hydrogen) atoms. The molecule has 0 bridgehead atoms. The van der Waals surface area contributed by atoms with Crippen molar-refractivity contribution in [1.29, 1.82) is 0 Å². The second kappa shape index (κ2) is 9.32. The summed E-state index contributed by atoms with van der Waals surface area (Å²) in [6.45, 7) is 5.81. The molecule has 1 aliphatic rings. The van der Waals surface area contributed by atoms with Gasteiger partial charge in [0.1, 0.15) is 5.75 Å². The molecule has 0 atom stereocenters. The second-order valence-electron chi connectivity index (χ2n) is 6.43. The molecule has 0 N–H and O–H groups in total. The van der Waals surface area contributed by atoms with Gasteiger partial charge in [-0.15, -0.1) is 11.0 Å². The molecule has 1 saturated heterocycles. The zero-order chi connectivity index (χ0) is 21.7. The van der Waals surface area contributed by atoms with Crippen LogP contribution < -0.4 is 4.74 Å². The average molecular weight is 443 g/mol. The van der Waals surface area contributed by atoms with Crippen LogP contribution in [0.5, 0.6) is 5.75 Å². The first-order valence-corrected chi connectivity index (χ1v) is 11.5. The Balaban J connectivity index is 1.94. The van der Waals surface area contributed by atoms with Gasteiger partial charge in [-0.3, -0.25) is 9.69 Å². The van der Waals surface area contributed by atoms with Gasteiger partial charge in [0, 0.05) is 6.54 Å². The minimum atomic E-state index is -3.95. The van der Waals surface area contributed by atoms with Gasteiger partial charge >= 0.3 is 0 Å². The Kier molecular flexibility index (Phi) is 6.79. The smallest absolute Gasteiger partial charge is 0.284 e. The molecule has 156 valence electrons. The van der Waals surface area contributed by atoms with E-state index in [0.717, 1.165) is 29.3 Å². The first-order chi connectivity index (χ1) is 14.4. The van der Waals surface area contributed by atoms with Gasteiger partial charge < -0.3 is 4.74 Å². The largest absolute Gasteiger partial charge is 0.497 e. The first-order valence-electron chi connectivity index (χ1n) is 9.28. The molecular formula is C22H22N2O4S2. The van der Waals surface area contributed by atoms with Gasteiger partial charge in [0.15, 0.2) is 5.17 Å². The molecule has 0 radical (unpaired) electrons. The summed E-state index contributed by atoms with van der Waals surface area (Å²) in [7, 11) is -2.37. The maximum absolute atomic E-state index is 12.8. The van der Waals surface area contributed by atoms with E-state index in [0.29, 0.717) is 10.7 Å². The van der Waals surface area contributed by atoms with E-state index in [9.17, 15) is 13.2 Å². The number of aryl methyl sites for hydroxylation is 1. The second-order valence-corrected chi connectivity index (χ2v) is 9.05. The Labute approximate surface area is 181 Å². The van der Waals surface area contributed by atoms with E-state index in [1.54, 1.807) is 37.5 Å². The Morgan fingerprint density at radius 2 is 1.80 bits per heavy atom. The molecule has 1 fully saturated rings. The van der Waals surface area contributed by atoms with Crippen molar-refractivity contribution in [3.63, 3.8) is 0 Å². The third kappa shape index (κ3) is 4.83. The standard InChI is InChI=1S/C22H22N2O4S2/c1-4-14-24-21(25)20(15-17-6-10-18(28-3)11-7-17)29-22(24)23-30(26,27)19-12-8-16(5-2)9-13-19/h4,6-13,15H,1,5,14H2,2-3H3/b20-15-,23-22+. The lowest BCUT2D eigenvalue weighted by Gasteiger charge is -2.12. The summed E-state index contributed by atoms with van der Waals surface area (Å²) in [5.41, 5.74) is 1.83. The Bertz CT molecular complexity index is 1100. The number of amidine groups is 1. The number of methoxy groups -OCH3 is 1. The quantitative estimate of drug-likeness (QED) is 0.477. The molecule has 0 unspecified atom stereocenters. The molecule has 1 aliphatic heterocycles. The highest BCUT2D eigenvalue weighted by Gasteiger charge is 2.34. The molecule has 1 heterocycles. The number of carbonyl (C=O) groups excluding carboxylic acids is 1. The van der Waals surface area contributed by atoms with Crippen molar-refractivity contribution in [3.05, 3.63) is 77.2 Å². The van der Waals surface area contributed by atoms with Crippen LogP contribution in [0.2, 0.25) is 0 Å². The molecule has 0 aromatic heterocycles. The minimum absolute atomic E-state index is 0.0892. The fourth-order valence-electron chi connectivity index (χ4n) is 2.77. The zero-order valence-electron chi connectivity index (χ0n) is 16.7. The van der Waals surface area contributed by atoms with Crippen molar-refractivity contribution in [1.82, 2.24) is 4.90 Å². The number of rotatable bonds is 7. The van der Waals surface area contributed by atoms with Gasteiger partial charge in [-0.2, -0.15) is 8.42 Å². The summed E-state index contributed by atoms with van der Waals surface area (Å²) >= 11 is 1.03. The van der Waals surface area contributed by atoms with Crippen LogP contribution in [0.4, 0.5) is 0 Å². The number of hydrogen-bond donors (Lipinski definition) is 0. The van der Waals surface area contributed by atoms with Crippen molar-refractivity contribution in [2.45, 2.75) is 18.2 Å². The van der Waals surface area contributed by atoms with Crippen LogP contribution in [0.25, 0.3) is 6.08 Å². The van der Waals surface area contributed by atoms with Gasteiger partial charge in [0.2, 0.25) is 0 Å². The lowest BCUT2D eigenvalue weighted by Crippen LogP contribution is -2.29. The van der Waals surface area contributed by atoms with E-state index < -0.39 is 10.0 Å². The highest BCUT2D eigenvalue weighted by Crippen LogP contribution is 2.34. The van der Waals surface area contributed by atoms with Crippen LogP contribution in [-0.2, 0) is 21.2 Å². The van der Waals surface area contributed by atoms with Crippen molar-refractivity contribution in [2.24, 2.45) is 4.40 Å². The Morgan fingerprint density at radius 3 is 2.37 bits per heavy atom. The molecular weight excluding hydrogens is 420 g/mol. The molecule has 8 heteroatoms. The number of nitrogens with zero attached hydrogens (tertiary/aromatic N) is 2. The predicted molar refractivity (Wildman–Crippen MR) is 121 cm³/mol. The monoisotopic (exact) mass is 442 g/mol. The molecule has 0 aliphatic carbocycles. The molecule has 3 rings (SSSR count). The molecule has 2 aromatic rings. The SMILES string of the molecule is C=CCN1C(=O)/C(=C/c2ccc(OC)cc2)S/C1=N/S(=O)(=O)c1ccc(CC)cc1. The van der Waals surface area contributed by atoms with Crippen LogP contribution in [-0.4, -0.2) is 38.0 Å². The van der Waals surface area contributed by atoms with Crippen LogP contribution in [0.15, 0.2) is 75.4 Å². The highest BCUT2D eigenvalue weighted by atomic mass is 32.2. The lowest BCUT2D eigenvalue weighted by molar-refractivity contribution is -0.121. The number of hydrogen-bond acceptors (Lipinski definition) is 5. The van der Waals surface area contributed by atoms with Gasteiger partial charge in [0.25, 0.3) is 15.9 Å². The first kappa shape index (κ1) is 21.9. The van der Waals surface area contributed by atoms with Crippen molar-refractivity contribution in [2.75, 3.05) is 13.7 Å². The van der Waals surface area contributed by atoms with Crippen LogP contribution in [0.3, 0.4) is 0 Å². The Hall–Kier alpha value is -2.84. The molecule has 6 nitrogen and oxygen atoms in total. The fourth-order valence-corrected chi connectivity index (χ4v) is 4.96. The summed E-state index contributed by atoms with van der Waals surface area (Å²) in [6.07, 6.45) is 4.05. The number of thioether (sulfide) groups is 1. The third-order valence-electron chi connectivity index (χ3n) is 4.44. The lowest BCUT2D eigenvalue weighted by atomic mass is 10.2. The summed E-state index contributed by atoms with van der Waals surface area (Å²) < 4.78 is 34.7. The van der Waals surface area contributed by atoms with Crippen molar-refractivity contribution >= 4 is 38.9 Å². The van der Waals surface area contributed by atoms with Crippen LogP contribution in [0, 0.1) is 0 Å². The minimum Gasteiger partial charge on any atom is -0.497 e. The van der Waals surface area contributed by atoms with E-state index in [4.69, 9.17) is 4.74 Å². The fraction of sp³-hybridized carbons (Fsp3) is 0.182. The number of benzene rings is 2. The molecule has 0 saturated carbocycles. The summed E-state index contributed by atoms with van der Waals surface area (Å²) in [5, 5.41) is 0.110. The van der Waals surface area contributed by atoms with Crippen LogP contribution >= 0.6 is 11.8 Å².